The Morgan fingerprint density at radius 3 is 2.32 bits per heavy atom. The monoisotopic (exact) mass is 291 g/mol. The summed E-state index contributed by atoms with van der Waals surface area (Å²) in [6, 6.07) is 11.5. The molecule has 0 saturated heterocycles. The molecule has 0 spiro atoms. The van der Waals surface area contributed by atoms with Crippen molar-refractivity contribution in [2.75, 3.05) is 5.48 Å². The molecule has 0 amide bonds. The van der Waals surface area contributed by atoms with Gasteiger partial charge in [-0.1, -0.05) is 36.4 Å². The molecule has 2 rings (SSSR count). The fourth-order valence-electron chi connectivity index (χ4n) is 1.46. The lowest BCUT2D eigenvalue weighted by molar-refractivity contribution is -0.0526. The number of halogens is 3. The van der Waals surface area contributed by atoms with E-state index in [9.17, 15) is 21.6 Å². The maximum atomic E-state index is 12.1. The third-order valence-corrected chi connectivity index (χ3v) is 3.20. The maximum absolute atomic E-state index is 12.1. The first-order valence-corrected chi connectivity index (χ1v) is 6.45. The summed E-state index contributed by atoms with van der Waals surface area (Å²) in [6.45, 7) is 0. The number of alkyl halides is 3. The van der Waals surface area contributed by atoms with Crippen LogP contribution in [0, 0.1) is 0 Å². The van der Waals surface area contributed by atoms with Crippen LogP contribution in [0.3, 0.4) is 0 Å². The highest BCUT2D eigenvalue weighted by Gasteiger charge is 2.48. The van der Waals surface area contributed by atoms with Gasteiger partial charge in [0.15, 0.2) is 0 Å². The molecule has 0 radical (unpaired) electrons. The van der Waals surface area contributed by atoms with Crippen LogP contribution in [0.15, 0.2) is 42.5 Å². The first-order valence-electron chi connectivity index (χ1n) is 5.05. The van der Waals surface area contributed by atoms with Crippen molar-refractivity contribution in [3.8, 4) is 0 Å². The van der Waals surface area contributed by atoms with E-state index >= 15 is 0 Å². The zero-order valence-electron chi connectivity index (χ0n) is 9.31. The average molecular weight is 291 g/mol. The molecule has 0 heterocycles. The Bertz CT molecular complexity index is 692. The van der Waals surface area contributed by atoms with Crippen molar-refractivity contribution in [1.82, 2.24) is 0 Å². The lowest BCUT2D eigenvalue weighted by Gasteiger charge is -2.11. The van der Waals surface area contributed by atoms with Crippen molar-refractivity contribution < 1.29 is 25.9 Å². The van der Waals surface area contributed by atoms with Crippen LogP contribution in [0.4, 0.5) is 18.9 Å². The summed E-state index contributed by atoms with van der Waals surface area (Å²) < 4.78 is 61.6. The summed E-state index contributed by atoms with van der Waals surface area (Å²) in [5.74, 6) is 0. The fraction of sp³-hybridized carbons (Fsp3) is 0.0909. The number of rotatable bonds is 3. The second kappa shape index (κ2) is 4.71. The Morgan fingerprint density at radius 2 is 1.63 bits per heavy atom. The molecular weight excluding hydrogens is 283 g/mol. The number of fused-ring (bicyclic) bond motifs is 1. The van der Waals surface area contributed by atoms with Gasteiger partial charge in [0.2, 0.25) is 0 Å². The molecule has 0 saturated carbocycles. The minimum atomic E-state index is -5.68. The molecule has 0 aliphatic heterocycles. The van der Waals surface area contributed by atoms with Crippen LogP contribution in [-0.2, 0) is 14.4 Å². The molecule has 0 bridgehead atoms. The Morgan fingerprint density at radius 1 is 1.00 bits per heavy atom. The second-order valence-corrected chi connectivity index (χ2v) is 5.15. The van der Waals surface area contributed by atoms with E-state index in [-0.39, 0.29) is 5.69 Å². The van der Waals surface area contributed by atoms with Crippen LogP contribution in [0.1, 0.15) is 0 Å². The topological polar surface area (TPSA) is 55.4 Å². The first-order chi connectivity index (χ1) is 8.81. The van der Waals surface area contributed by atoms with Gasteiger partial charge in [0.25, 0.3) is 0 Å². The number of anilines is 1. The third kappa shape index (κ3) is 2.79. The molecule has 0 aromatic heterocycles. The van der Waals surface area contributed by atoms with E-state index in [0.717, 1.165) is 5.39 Å². The van der Waals surface area contributed by atoms with Gasteiger partial charge in [-0.3, -0.25) is 0 Å². The zero-order valence-corrected chi connectivity index (χ0v) is 10.1. The summed E-state index contributed by atoms with van der Waals surface area (Å²) in [7, 11) is -5.68. The minimum absolute atomic E-state index is 0.130. The fourth-order valence-corrected chi connectivity index (χ4v) is 1.76. The summed E-state index contributed by atoms with van der Waals surface area (Å²) in [5, 5.41) is 1.28. The van der Waals surface area contributed by atoms with E-state index in [1.807, 2.05) is 5.48 Å². The number of nitrogens with one attached hydrogen (secondary N) is 1. The molecule has 0 aliphatic rings. The van der Waals surface area contributed by atoms with E-state index in [4.69, 9.17) is 0 Å². The van der Waals surface area contributed by atoms with Crippen molar-refractivity contribution >= 4 is 26.6 Å². The smallest absolute Gasteiger partial charge is 0.249 e. The van der Waals surface area contributed by atoms with Crippen LogP contribution in [0.5, 0.6) is 0 Å². The molecule has 1 N–H and O–H groups in total. The Kier molecular flexibility index (Phi) is 3.38. The summed E-state index contributed by atoms with van der Waals surface area (Å²) in [6.07, 6.45) is 0. The van der Waals surface area contributed by atoms with Crippen LogP contribution in [0.25, 0.3) is 10.8 Å². The second-order valence-electron chi connectivity index (χ2n) is 3.61. The quantitative estimate of drug-likeness (QED) is 0.697. The van der Waals surface area contributed by atoms with Gasteiger partial charge in [0.1, 0.15) is 0 Å². The molecule has 0 fully saturated rings. The predicted octanol–water partition coefficient (Wildman–Crippen LogP) is 3.03. The largest absolute Gasteiger partial charge is 0.525 e. The lowest BCUT2D eigenvalue weighted by Crippen LogP contribution is -2.27. The number of hydrogen-bond donors (Lipinski definition) is 1. The molecular formula is C11H8F3NO3S. The molecule has 0 aliphatic carbocycles. The van der Waals surface area contributed by atoms with Gasteiger partial charge in [-0.15, -0.1) is 4.28 Å². The molecule has 0 atom stereocenters. The molecule has 102 valence electrons. The van der Waals surface area contributed by atoms with Crippen molar-refractivity contribution in [3.05, 3.63) is 42.5 Å². The summed E-state index contributed by atoms with van der Waals surface area (Å²) >= 11 is 0. The van der Waals surface area contributed by atoms with Gasteiger partial charge in [0, 0.05) is 5.39 Å². The normalized spacial score (nSPS) is 12.6. The van der Waals surface area contributed by atoms with Crippen LogP contribution < -0.4 is 5.48 Å². The minimum Gasteiger partial charge on any atom is -0.249 e. The highest BCUT2D eigenvalue weighted by atomic mass is 32.2. The Hall–Kier alpha value is -1.80. The first kappa shape index (κ1) is 13.6. The van der Waals surface area contributed by atoms with Gasteiger partial charge >= 0.3 is 15.6 Å². The van der Waals surface area contributed by atoms with E-state index < -0.39 is 15.6 Å². The molecule has 19 heavy (non-hydrogen) atoms. The summed E-state index contributed by atoms with van der Waals surface area (Å²) in [4.78, 5) is 0. The highest BCUT2D eigenvalue weighted by molar-refractivity contribution is 7.87. The van der Waals surface area contributed by atoms with Crippen LogP contribution in [0.2, 0.25) is 0 Å². The van der Waals surface area contributed by atoms with Crippen molar-refractivity contribution in [2.24, 2.45) is 0 Å². The van der Waals surface area contributed by atoms with Crippen LogP contribution in [-0.4, -0.2) is 13.9 Å². The van der Waals surface area contributed by atoms with Gasteiger partial charge in [-0.2, -0.15) is 21.6 Å². The van der Waals surface area contributed by atoms with Crippen LogP contribution >= 0.6 is 0 Å². The molecule has 0 unspecified atom stereocenters. The average Bonchev–Trinajstić information content (AvgIpc) is 2.35. The van der Waals surface area contributed by atoms with E-state index in [1.54, 1.807) is 36.4 Å². The Labute approximate surface area is 106 Å². The standard InChI is InChI=1S/C11H8F3NO3S/c12-11(13,14)19(16,17)18-15-10-7-3-5-8-4-1-2-6-9(8)10/h1-7,15H. The van der Waals surface area contributed by atoms with E-state index in [2.05, 4.69) is 4.28 Å². The summed E-state index contributed by atoms with van der Waals surface area (Å²) in [5.41, 5.74) is -3.51. The lowest BCUT2D eigenvalue weighted by atomic mass is 10.1. The van der Waals surface area contributed by atoms with Crippen molar-refractivity contribution in [1.29, 1.82) is 0 Å². The zero-order chi connectivity index (χ0) is 14.1. The molecule has 2 aromatic rings. The SMILES string of the molecule is O=S(=O)(ONc1cccc2ccccc12)C(F)(F)F. The van der Waals surface area contributed by atoms with Gasteiger partial charge in [-0.05, 0) is 11.5 Å². The third-order valence-electron chi connectivity index (χ3n) is 2.33. The highest BCUT2D eigenvalue weighted by Crippen LogP contribution is 2.27. The number of benzene rings is 2. The van der Waals surface area contributed by atoms with Gasteiger partial charge < -0.3 is 0 Å². The predicted molar refractivity (Wildman–Crippen MR) is 63.6 cm³/mol. The maximum Gasteiger partial charge on any atom is 0.525 e. The molecule has 2 aromatic carbocycles. The van der Waals surface area contributed by atoms with E-state index in [1.165, 1.54) is 6.07 Å². The van der Waals surface area contributed by atoms with Crippen molar-refractivity contribution in [2.45, 2.75) is 5.51 Å². The van der Waals surface area contributed by atoms with E-state index in [0.29, 0.717) is 5.39 Å². The number of hydrogen-bond acceptors (Lipinski definition) is 4. The molecule has 8 heteroatoms. The Balaban J connectivity index is 2.29. The van der Waals surface area contributed by atoms with Crippen molar-refractivity contribution in [3.63, 3.8) is 0 Å². The van der Waals surface area contributed by atoms with Gasteiger partial charge in [-0.25, -0.2) is 5.48 Å². The molecule has 4 nitrogen and oxygen atoms in total. The van der Waals surface area contributed by atoms with Gasteiger partial charge in [0.05, 0.1) is 5.69 Å².